The Balaban J connectivity index is 2.27. The Morgan fingerprint density at radius 1 is 1.22 bits per heavy atom. The maximum atomic E-state index is 11.9. The summed E-state index contributed by atoms with van der Waals surface area (Å²) in [5, 5.41) is 0. The van der Waals surface area contributed by atoms with Crippen LogP contribution in [0.2, 0.25) is 0 Å². The molecule has 1 aromatic rings. The highest BCUT2D eigenvalue weighted by atomic mass is 31.2. The zero-order valence-electron chi connectivity index (χ0n) is 9.70. The topological polar surface area (TPSA) is 83.9 Å². The highest BCUT2D eigenvalue weighted by Gasteiger charge is 2.39. The number of hydrogen-bond donors (Lipinski definition) is 1. The van der Waals surface area contributed by atoms with Crippen LogP contribution in [-0.2, 0) is 9.09 Å². The van der Waals surface area contributed by atoms with E-state index < -0.39 is 25.7 Å². The summed E-state index contributed by atoms with van der Waals surface area (Å²) in [5.74, 6) is -1.13. The molecular weight excluding hydrogens is 257 g/mol. The molecule has 1 atom stereocenters. The smallest absolute Gasteiger partial charge is 0.323 e. The van der Waals surface area contributed by atoms with Gasteiger partial charge in [0.2, 0.25) is 0 Å². The fourth-order valence-electron chi connectivity index (χ4n) is 1.79. The number of nitrogens with zero attached hydrogens (tertiary/aromatic N) is 1. The van der Waals surface area contributed by atoms with E-state index in [0.717, 1.165) is 4.90 Å². The van der Waals surface area contributed by atoms with Crippen molar-refractivity contribution < 1.29 is 23.6 Å². The Morgan fingerprint density at radius 3 is 2.17 bits per heavy atom. The van der Waals surface area contributed by atoms with E-state index in [-0.39, 0.29) is 17.7 Å². The molecule has 1 heterocycles. The molecule has 2 amide bonds. The lowest BCUT2D eigenvalue weighted by molar-refractivity contribution is 0.0667. The van der Waals surface area contributed by atoms with Crippen molar-refractivity contribution in [2.45, 2.75) is 6.92 Å². The average Bonchev–Trinajstić information content (AvgIpc) is 2.55. The molecule has 1 aliphatic rings. The maximum absolute atomic E-state index is 11.9. The number of hydrogen-bond acceptors (Lipinski definition) is 4. The summed E-state index contributed by atoms with van der Waals surface area (Å²) < 4.78 is 16.3. The third kappa shape index (κ3) is 2.22. The third-order valence-electron chi connectivity index (χ3n) is 2.53. The minimum atomic E-state index is -3.96. The minimum absolute atomic E-state index is 0.0386. The lowest BCUT2D eigenvalue weighted by Crippen LogP contribution is -2.31. The van der Waals surface area contributed by atoms with Crippen LogP contribution in [-0.4, -0.2) is 34.5 Å². The number of carbonyl (C=O) groups excluding carboxylic acids is 2. The van der Waals surface area contributed by atoms with Crippen LogP contribution in [0.25, 0.3) is 0 Å². The molecule has 0 aliphatic carbocycles. The van der Waals surface area contributed by atoms with Gasteiger partial charge in [0, 0.05) is 0 Å². The second kappa shape index (κ2) is 4.65. The van der Waals surface area contributed by atoms with Gasteiger partial charge in [-0.25, -0.2) is 0 Å². The average molecular weight is 269 g/mol. The second-order valence-corrected chi connectivity index (χ2v) is 5.60. The molecule has 1 aromatic carbocycles. The number of rotatable bonds is 4. The van der Waals surface area contributed by atoms with Crippen LogP contribution >= 0.6 is 7.60 Å². The van der Waals surface area contributed by atoms with Crippen molar-refractivity contribution in [2.24, 2.45) is 0 Å². The number of amides is 2. The third-order valence-corrected chi connectivity index (χ3v) is 3.83. The van der Waals surface area contributed by atoms with Gasteiger partial charge in [0.1, 0.15) is 6.29 Å². The molecule has 6 nitrogen and oxygen atoms in total. The van der Waals surface area contributed by atoms with E-state index in [1.54, 1.807) is 19.1 Å². The highest BCUT2D eigenvalue weighted by Crippen LogP contribution is 2.43. The fourth-order valence-corrected chi connectivity index (χ4v) is 2.89. The van der Waals surface area contributed by atoms with E-state index in [0.29, 0.717) is 0 Å². The number of benzene rings is 1. The molecule has 96 valence electrons. The van der Waals surface area contributed by atoms with Crippen LogP contribution in [0.3, 0.4) is 0 Å². The van der Waals surface area contributed by atoms with Crippen LogP contribution in [0.1, 0.15) is 27.6 Å². The molecule has 0 fully saturated rings. The van der Waals surface area contributed by atoms with Crippen molar-refractivity contribution in [3.8, 4) is 0 Å². The molecule has 0 saturated heterocycles. The lowest BCUT2D eigenvalue weighted by Gasteiger charge is -2.17. The van der Waals surface area contributed by atoms with E-state index in [1.165, 1.54) is 12.1 Å². The molecular formula is C11H12NO5P. The quantitative estimate of drug-likeness (QED) is 0.660. The fraction of sp³-hybridized carbons (Fsp3) is 0.273. The summed E-state index contributed by atoms with van der Waals surface area (Å²) in [6.07, 6.45) is -0.618. The van der Waals surface area contributed by atoms with Gasteiger partial charge in [0.25, 0.3) is 11.8 Å². The summed E-state index contributed by atoms with van der Waals surface area (Å²) in [6, 6.07) is 6.29. The van der Waals surface area contributed by atoms with Crippen LogP contribution in [0.5, 0.6) is 0 Å². The Hall–Kier alpha value is -1.49. The van der Waals surface area contributed by atoms with Crippen molar-refractivity contribution in [1.82, 2.24) is 4.90 Å². The van der Waals surface area contributed by atoms with Crippen LogP contribution in [0, 0.1) is 0 Å². The number of carbonyl (C=O) groups is 2. The Morgan fingerprint density at radius 2 is 1.72 bits per heavy atom. The second-order valence-electron chi connectivity index (χ2n) is 3.78. The van der Waals surface area contributed by atoms with E-state index in [1.807, 2.05) is 0 Å². The van der Waals surface area contributed by atoms with E-state index in [4.69, 9.17) is 0 Å². The summed E-state index contributed by atoms with van der Waals surface area (Å²) in [6.45, 7) is 1.60. The molecule has 1 aliphatic heterocycles. The van der Waals surface area contributed by atoms with Crippen molar-refractivity contribution >= 4 is 19.4 Å². The minimum Gasteiger partial charge on any atom is -0.323 e. The lowest BCUT2D eigenvalue weighted by atomic mass is 10.1. The van der Waals surface area contributed by atoms with E-state index in [2.05, 4.69) is 4.52 Å². The zero-order valence-corrected chi connectivity index (χ0v) is 10.6. The van der Waals surface area contributed by atoms with Crippen molar-refractivity contribution in [2.75, 3.05) is 12.9 Å². The first-order chi connectivity index (χ1) is 8.46. The zero-order chi connectivity index (χ0) is 13.3. The van der Waals surface area contributed by atoms with Crippen LogP contribution in [0.4, 0.5) is 0 Å². The predicted octanol–water partition coefficient (Wildman–Crippen LogP) is 1.46. The Bertz CT molecular complexity index is 521. The van der Waals surface area contributed by atoms with Crippen molar-refractivity contribution in [3.63, 3.8) is 0 Å². The molecule has 2 rings (SSSR count). The van der Waals surface area contributed by atoms with Gasteiger partial charge >= 0.3 is 7.60 Å². The summed E-state index contributed by atoms with van der Waals surface area (Å²) >= 11 is 0. The van der Waals surface area contributed by atoms with Gasteiger partial charge in [-0.1, -0.05) is 12.1 Å². The summed E-state index contributed by atoms with van der Waals surface area (Å²) in [5.41, 5.74) is 0.498. The van der Waals surface area contributed by atoms with Crippen molar-refractivity contribution in [3.05, 3.63) is 35.4 Å². The first-order valence-electron chi connectivity index (χ1n) is 5.38. The Labute approximate surface area is 104 Å². The molecule has 0 saturated carbocycles. The first kappa shape index (κ1) is 13.0. The van der Waals surface area contributed by atoms with E-state index >= 15 is 0 Å². The van der Waals surface area contributed by atoms with Gasteiger partial charge in [-0.3, -0.25) is 19.1 Å². The first-order valence-corrected chi connectivity index (χ1v) is 7.14. The predicted molar refractivity (Wildman–Crippen MR) is 63.3 cm³/mol. The molecule has 7 heteroatoms. The van der Waals surface area contributed by atoms with Gasteiger partial charge in [0.15, 0.2) is 0 Å². The van der Waals surface area contributed by atoms with Gasteiger partial charge in [-0.2, -0.15) is 0 Å². The summed E-state index contributed by atoms with van der Waals surface area (Å²) in [7, 11) is -3.96. The number of fused-ring (bicyclic) bond motifs is 1. The SMILES string of the molecule is CCOP(=O)(O)CN1C(=O)c2ccccc2C1=O. The Kier molecular flexibility index (Phi) is 3.34. The molecule has 18 heavy (non-hydrogen) atoms. The van der Waals surface area contributed by atoms with Crippen LogP contribution < -0.4 is 0 Å². The molecule has 0 bridgehead atoms. The normalized spacial score (nSPS) is 17.8. The molecule has 1 N–H and O–H groups in total. The van der Waals surface area contributed by atoms with Crippen LogP contribution in [0.15, 0.2) is 24.3 Å². The van der Waals surface area contributed by atoms with Gasteiger partial charge < -0.3 is 9.42 Å². The van der Waals surface area contributed by atoms with E-state index in [9.17, 15) is 19.0 Å². The molecule has 0 aromatic heterocycles. The standard InChI is InChI=1S/C11H12NO5P/c1-2-17-18(15,16)7-12-10(13)8-5-3-4-6-9(8)11(12)14/h3-6H,2,7H2,1H3,(H,15,16). The maximum Gasteiger partial charge on any atom is 0.347 e. The molecule has 0 radical (unpaired) electrons. The summed E-state index contributed by atoms with van der Waals surface area (Å²) in [4.78, 5) is 34.0. The molecule has 1 unspecified atom stereocenters. The highest BCUT2D eigenvalue weighted by molar-refractivity contribution is 7.52. The largest absolute Gasteiger partial charge is 0.347 e. The van der Waals surface area contributed by atoms with Crippen molar-refractivity contribution in [1.29, 1.82) is 0 Å². The monoisotopic (exact) mass is 269 g/mol. The van der Waals surface area contributed by atoms with Gasteiger partial charge in [-0.05, 0) is 19.1 Å². The van der Waals surface area contributed by atoms with Gasteiger partial charge in [-0.15, -0.1) is 0 Å². The number of imide groups is 1. The van der Waals surface area contributed by atoms with Gasteiger partial charge in [0.05, 0.1) is 17.7 Å². The molecule has 0 spiro atoms.